The first kappa shape index (κ1) is 11.1. The van der Waals surface area contributed by atoms with E-state index >= 15 is 0 Å². The van der Waals surface area contributed by atoms with Gasteiger partial charge in [-0.15, -0.1) is 0 Å². The lowest BCUT2D eigenvalue weighted by atomic mass is 9.90. The number of aromatic nitrogens is 1. The Hall–Kier alpha value is -1.44. The average Bonchev–Trinajstić information content (AvgIpc) is 2.34. The molecule has 2 N–H and O–H groups in total. The van der Waals surface area contributed by atoms with Gasteiger partial charge < -0.3 is 5.73 Å². The molecule has 0 atom stereocenters. The summed E-state index contributed by atoms with van der Waals surface area (Å²) in [6, 6.07) is 6.22. The molecule has 4 nitrogen and oxygen atoms in total. The highest BCUT2D eigenvalue weighted by atomic mass is 15.1. The molecule has 2 heterocycles. The van der Waals surface area contributed by atoms with Crippen LogP contribution in [0.4, 0.5) is 0 Å². The molecule has 0 radical (unpaired) electrons. The molecule has 0 aliphatic carbocycles. The normalized spacial score (nSPS) is 20.2. The summed E-state index contributed by atoms with van der Waals surface area (Å²) in [7, 11) is 0. The number of nitrogens with two attached hydrogens (primary N) is 1. The first-order valence-electron chi connectivity index (χ1n) is 5.53. The Morgan fingerprint density at radius 1 is 1.50 bits per heavy atom. The van der Waals surface area contributed by atoms with Gasteiger partial charge in [0, 0.05) is 32.0 Å². The van der Waals surface area contributed by atoms with Gasteiger partial charge in [-0.3, -0.25) is 9.88 Å². The van der Waals surface area contributed by atoms with Crippen LogP contribution in [-0.2, 0) is 6.54 Å². The lowest BCUT2D eigenvalue weighted by molar-refractivity contribution is 0.181. The van der Waals surface area contributed by atoms with E-state index in [1.807, 2.05) is 12.3 Å². The predicted molar refractivity (Wildman–Crippen MR) is 61.3 cm³/mol. The third kappa shape index (κ3) is 2.57. The molecule has 0 saturated carbocycles. The van der Waals surface area contributed by atoms with Crippen LogP contribution in [0.25, 0.3) is 0 Å². The summed E-state index contributed by atoms with van der Waals surface area (Å²) in [4.78, 5) is 6.41. The molecule has 1 aromatic heterocycles. The summed E-state index contributed by atoms with van der Waals surface area (Å²) in [5, 5.41) is 8.92. The minimum Gasteiger partial charge on any atom is -0.313 e. The Balaban J connectivity index is 1.89. The minimum absolute atomic E-state index is 0.606. The second-order valence-corrected chi connectivity index (χ2v) is 4.41. The maximum atomic E-state index is 8.92. The van der Waals surface area contributed by atoms with Gasteiger partial charge >= 0.3 is 0 Å². The van der Waals surface area contributed by atoms with Gasteiger partial charge in [0.2, 0.25) is 0 Å². The fourth-order valence-electron chi connectivity index (χ4n) is 1.97. The standard InChI is InChI=1S/C12H16N4/c13-10-12(14)3-6-16(7-4-12)9-11-2-1-5-15-8-11/h1-2,5,8H,3-4,6-7,9,14H2. The number of piperidine rings is 1. The highest BCUT2D eigenvalue weighted by molar-refractivity contribution is 5.10. The quantitative estimate of drug-likeness (QED) is 0.797. The van der Waals surface area contributed by atoms with E-state index in [4.69, 9.17) is 11.0 Å². The fraction of sp³-hybridized carbons (Fsp3) is 0.500. The zero-order valence-corrected chi connectivity index (χ0v) is 9.26. The van der Waals surface area contributed by atoms with Crippen molar-refractivity contribution in [3.63, 3.8) is 0 Å². The van der Waals surface area contributed by atoms with Gasteiger partial charge in [-0.2, -0.15) is 5.26 Å². The summed E-state index contributed by atoms with van der Waals surface area (Å²) in [5.74, 6) is 0. The SMILES string of the molecule is N#CC1(N)CCN(Cc2cccnc2)CC1. The van der Waals surface area contributed by atoms with Crippen LogP contribution in [0, 0.1) is 11.3 Å². The summed E-state index contributed by atoms with van der Waals surface area (Å²) in [6.07, 6.45) is 5.17. The van der Waals surface area contributed by atoms with Gasteiger partial charge in [0.05, 0.1) is 6.07 Å². The average molecular weight is 216 g/mol. The molecule has 1 aliphatic heterocycles. The van der Waals surface area contributed by atoms with Crippen LogP contribution in [0.15, 0.2) is 24.5 Å². The summed E-state index contributed by atoms with van der Waals surface area (Å²) in [6.45, 7) is 2.67. The number of nitrogens with zero attached hydrogens (tertiary/aromatic N) is 3. The van der Waals surface area contributed by atoms with Crippen LogP contribution >= 0.6 is 0 Å². The van der Waals surface area contributed by atoms with Crippen molar-refractivity contribution in [1.29, 1.82) is 5.26 Å². The van der Waals surface area contributed by atoms with Gasteiger partial charge in [-0.25, -0.2) is 0 Å². The van der Waals surface area contributed by atoms with E-state index in [1.54, 1.807) is 6.20 Å². The van der Waals surface area contributed by atoms with Crippen LogP contribution in [-0.4, -0.2) is 28.5 Å². The van der Waals surface area contributed by atoms with Crippen molar-refractivity contribution in [1.82, 2.24) is 9.88 Å². The number of hydrogen-bond acceptors (Lipinski definition) is 4. The van der Waals surface area contributed by atoms with E-state index in [0.29, 0.717) is 0 Å². The highest BCUT2D eigenvalue weighted by Crippen LogP contribution is 2.19. The summed E-state index contributed by atoms with van der Waals surface area (Å²) < 4.78 is 0. The Bertz CT molecular complexity index is 374. The van der Waals surface area contributed by atoms with Crippen molar-refractivity contribution in [3.05, 3.63) is 30.1 Å². The molecule has 1 saturated heterocycles. The highest BCUT2D eigenvalue weighted by Gasteiger charge is 2.30. The monoisotopic (exact) mass is 216 g/mol. The smallest absolute Gasteiger partial charge is 0.106 e. The zero-order valence-electron chi connectivity index (χ0n) is 9.26. The Morgan fingerprint density at radius 2 is 2.25 bits per heavy atom. The van der Waals surface area contributed by atoms with Crippen LogP contribution in [0.2, 0.25) is 0 Å². The molecular formula is C12H16N4. The van der Waals surface area contributed by atoms with E-state index in [2.05, 4.69) is 22.0 Å². The van der Waals surface area contributed by atoms with E-state index in [0.717, 1.165) is 32.5 Å². The number of rotatable bonds is 2. The molecule has 1 fully saturated rings. The van der Waals surface area contributed by atoms with Crippen LogP contribution in [0.3, 0.4) is 0 Å². The summed E-state index contributed by atoms with van der Waals surface area (Å²) in [5.41, 5.74) is 6.52. The zero-order chi connectivity index (χ0) is 11.4. The molecule has 4 heteroatoms. The molecule has 1 aromatic rings. The van der Waals surface area contributed by atoms with Crippen molar-refractivity contribution in [3.8, 4) is 6.07 Å². The topological polar surface area (TPSA) is 65.9 Å². The third-order valence-electron chi connectivity index (χ3n) is 3.10. The Kier molecular flexibility index (Phi) is 3.18. The van der Waals surface area contributed by atoms with Crippen molar-refractivity contribution in [2.24, 2.45) is 5.73 Å². The van der Waals surface area contributed by atoms with Crippen molar-refractivity contribution >= 4 is 0 Å². The first-order valence-corrected chi connectivity index (χ1v) is 5.53. The Morgan fingerprint density at radius 3 is 2.81 bits per heavy atom. The molecule has 0 aromatic carbocycles. The predicted octanol–water partition coefficient (Wildman–Crippen LogP) is 0.898. The van der Waals surface area contributed by atoms with Crippen molar-refractivity contribution < 1.29 is 0 Å². The molecule has 0 bridgehead atoms. The largest absolute Gasteiger partial charge is 0.313 e. The molecular weight excluding hydrogens is 200 g/mol. The summed E-state index contributed by atoms with van der Waals surface area (Å²) >= 11 is 0. The Labute approximate surface area is 95.7 Å². The van der Waals surface area contributed by atoms with Gasteiger partial charge in [0.1, 0.15) is 5.54 Å². The lowest BCUT2D eigenvalue weighted by Gasteiger charge is -2.34. The number of likely N-dealkylation sites (tertiary alicyclic amines) is 1. The molecule has 0 unspecified atom stereocenters. The lowest BCUT2D eigenvalue weighted by Crippen LogP contribution is -2.49. The molecule has 2 rings (SSSR count). The van der Waals surface area contributed by atoms with Gasteiger partial charge in [-0.1, -0.05) is 6.07 Å². The van der Waals surface area contributed by atoms with Crippen molar-refractivity contribution in [2.75, 3.05) is 13.1 Å². The second kappa shape index (κ2) is 4.60. The maximum absolute atomic E-state index is 8.92. The van der Waals surface area contributed by atoms with E-state index in [-0.39, 0.29) is 0 Å². The van der Waals surface area contributed by atoms with Crippen LogP contribution in [0.5, 0.6) is 0 Å². The third-order valence-corrected chi connectivity index (χ3v) is 3.10. The molecule has 84 valence electrons. The number of hydrogen-bond donors (Lipinski definition) is 1. The second-order valence-electron chi connectivity index (χ2n) is 4.41. The molecule has 0 spiro atoms. The maximum Gasteiger partial charge on any atom is 0.106 e. The fourth-order valence-corrected chi connectivity index (χ4v) is 1.97. The van der Waals surface area contributed by atoms with Crippen LogP contribution < -0.4 is 5.73 Å². The van der Waals surface area contributed by atoms with Gasteiger partial charge in [-0.05, 0) is 24.5 Å². The van der Waals surface area contributed by atoms with E-state index in [1.165, 1.54) is 5.56 Å². The molecule has 16 heavy (non-hydrogen) atoms. The van der Waals surface area contributed by atoms with Gasteiger partial charge in [0.25, 0.3) is 0 Å². The minimum atomic E-state index is -0.606. The van der Waals surface area contributed by atoms with Crippen molar-refractivity contribution in [2.45, 2.75) is 24.9 Å². The molecule has 1 aliphatic rings. The van der Waals surface area contributed by atoms with Crippen LogP contribution in [0.1, 0.15) is 18.4 Å². The number of nitriles is 1. The van der Waals surface area contributed by atoms with E-state index < -0.39 is 5.54 Å². The molecule has 0 amide bonds. The number of pyridine rings is 1. The van der Waals surface area contributed by atoms with E-state index in [9.17, 15) is 0 Å². The first-order chi connectivity index (χ1) is 7.72. The van der Waals surface area contributed by atoms with Gasteiger partial charge in [0.15, 0.2) is 0 Å².